The minimum Gasteiger partial charge on any atom is -0.427 e. The number of aliphatic hydroxyl groups excluding tert-OH is 1. The summed E-state index contributed by atoms with van der Waals surface area (Å²) >= 11 is 0. The molecule has 6 aliphatic carbocycles. The highest BCUT2D eigenvalue weighted by Crippen LogP contribution is 2.73. The van der Waals surface area contributed by atoms with Gasteiger partial charge in [-0.2, -0.15) is 0 Å². The summed E-state index contributed by atoms with van der Waals surface area (Å²) in [6.45, 7) is 4.93. The van der Waals surface area contributed by atoms with Crippen LogP contribution in [-0.4, -0.2) is 58.2 Å². The van der Waals surface area contributed by atoms with Gasteiger partial charge in [0.15, 0.2) is 0 Å². The van der Waals surface area contributed by atoms with Crippen LogP contribution in [0.4, 0.5) is 0 Å². The SMILES string of the molecule is CCC1(C2=C3OC(=O)C4=C3C(CC2)CC2C3CCC5(C6=CCC(C)C(O)SSCNC7=CC(=CCN7)C(CN7C(=O)C=CC7=O)C3=C5C(=O)O6)C42)CCCC1. The van der Waals surface area contributed by atoms with Crippen molar-refractivity contribution in [3.05, 3.63) is 81.2 Å². The summed E-state index contributed by atoms with van der Waals surface area (Å²) in [7, 11) is 2.94. The van der Waals surface area contributed by atoms with E-state index in [2.05, 4.69) is 23.6 Å². The molecule has 2 amide bonds. The number of fused-ring (bicyclic) bond motifs is 2. The van der Waals surface area contributed by atoms with Crippen LogP contribution in [0.15, 0.2) is 81.2 Å². The van der Waals surface area contributed by atoms with E-state index in [1.807, 2.05) is 19.1 Å². The molecule has 12 heteroatoms. The van der Waals surface area contributed by atoms with Crippen molar-refractivity contribution in [2.75, 3.05) is 19.0 Å². The van der Waals surface area contributed by atoms with Gasteiger partial charge in [0.1, 0.15) is 17.0 Å². The van der Waals surface area contributed by atoms with E-state index < -0.39 is 22.7 Å². The maximum Gasteiger partial charge on any atom is 0.340 e. The van der Waals surface area contributed by atoms with Crippen molar-refractivity contribution < 1.29 is 33.8 Å². The number of rotatable bonds is 4. The smallest absolute Gasteiger partial charge is 0.340 e. The third-order valence-corrected chi connectivity index (χ3v) is 17.5. The Morgan fingerprint density at radius 2 is 1.78 bits per heavy atom. The normalized spacial score (nSPS) is 37.6. The van der Waals surface area contributed by atoms with Crippen LogP contribution >= 0.6 is 21.6 Å². The molecule has 8 atom stereocenters. The molecule has 0 aromatic carbocycles. The number of aliphatic hydroxyl groups is 1. The first-order chi connectivity index (χ1) is 26.6. The molecule has 8 unspecified atom stereocenters. The Balaban J connectivity index is 1.20. The monoisotopic (exact) mass is 783 g/mol. The summed E-state index contributed by atoms with van der Waals surface area (Å²) in [5, 5.41) is 18.1. The fourth-order valence-corrected chi connectivity index (χ4v) is 14.6. The highest BCUT2D eigenvalue weighted by molar-refractivity contribution is 8.76. The summed E-state index contributed by atoms with van der Waals surface area (Å²) in [5.74, 6) is 0.721. The first-order valence-electron chi connectivity index (χ1n) is 20.4. The van der Waals surface area contributed by atoms with Gasteiger partial charge in [-0.25, -0.2) is 9.59 Å². The molecule has 3 fully saturated rings. The van der Waals surface area contributed by atoms with Crippen molar-refractivity contribution in [1.29, 1.82) is 0 Å². The van der Waals surface area contributed by atoms with E-state index in [9.17, 15) is 24.3 Å². The first kappa shape index (κ1) is 35.9. The van der Waals surface area contributed by atoms with Gasteiger partial charge < -0.3 is 25.2 Å². The van der Waals surface area contributed by atoms with Crippen LogP contribution < -0.4 is 10.6 Å². The van der Waals surface area contributed by atoms with E-state index in [1.165, 1.54) is 57.1 Å². The predicted octanol–water partition coefficient (Wildman–Crippen LogP) is 6.46. The van der Waals surface area contributed by atoms with Gasteiger partial charge in [-0.05, 0) is 116 Å². The number of hydrogen-bond donors (Lipinski definition) is 3. The number of nitrogens with one attached hydrogen (secondary N) is 2. The molecule has 5 heterocycles. The average Bonchev–Trinajstić information content (AvgIpc) is 3.96. The molecule has 290 valence electrons. The fourth-order valence-electron chi connectivity index (χ4n) is 12.5. The lowest BCUT2D eigenvalue weighted by molar-refractivity contribution is -0.138. The second-order valence-corrected chi connectivity index (χ2v) is 19.8. The zero-order chi connectivity index (χ0) is 37.8. The summed E-state index contributed by atoms with van der Waals surface area (Å²) in [6.07, 6.45) is 19.3. The van der Waals surface area contributed by atoms with Gasteiger partial charge in [-0.15, -0.1) is 0 Å². The van der Waals surface area contributed by atoms with E-state index in [0.29, 0.717) is 36.6 Å². The van der Waals surface area contributed by atoms with Gasteiger partial charge in [0.2, 0.25) is 0 Å². The maximum atomic E-state index is 14.7. The molecule has 5 aliphatic heterocycles. The Hall–Kier alpha value is -3.48. The quantitative estimate of drug-likeness (QED) is 0.165. The number of amides is 2. The summed E-state index contributed by atoms with van der Waals surface area (Å²) in [4.78, 5) is 57.1. The zero-order valence-electron chi connectivity index (χ0n) is 31.5. The summed E-state index contributed by atoms with van der Waals surface area (Å²) in [6, 6.07) is 0. The molecule has 1 spiro atoms. The first-order valence-corrected chi connectivity index (χ1v) is 22.8. The number of ether oxygens (including phenoxy) is 2. The standard InChI is InChI=1S/C43H49N3O7S2/c1-3-42(14-4-5-15-42)28-8-7-24-18-26-25-12-16-43(36(26)35-33(24)38(28)53-39(35)49)29-9-6-22(2)41(51)55-54-21-45-30-19-23(13-17-44-30)27(34(25)37(43)40(50)52-29)20-46-31(47)10-11-32(46)48/h9-11,13,19,22,24-27,36,41,44-45,51H,3-8,12,14-18,20-21H2,1-2H3. The Morgan fingerprint density at radius 1 is 0.982 bits per heavy atom. The lowest BCUT2D eigenvalue weighted by atomic mass is 9.42. The number of nitrogens with zero attached hydrogens (tertiary/aromatic N) is 1. The van der Waals surface area contributed by atoms with E-state index >= 15 is 0 Å². The molecule has 11 rings (SSSR count). The second-order valence-electron chi connectivity index (χ2n) is 17.3. The van der Waals surface area contributed by atoms with E-state index in [1.54, 1.807) is 0 Å². The van der Waals surface area contributed by atoms with Crippen molar-refractivity contribution in [3.63, 3.8) is 0 Å². The molecule has 0 aromatic heterocycles. The molecule has 7 bridgehead atoms. The van der Waals surface area contributed by atoms with Gasteiger partial charge in [-0.1, -0.05) is 54.4 Å². The number of esters is 2. The van der Waals surface area contributed by atoms with Gasteiger partial charge >= 0.3 is 11.9 Å². The number of imide groups is 1. The van der Waals surface area contributed by atoms with Crippen molar-refractivity contribution in [1.82, 2.24) is 15.5 Å². The van der Waals surface area contributed by atoms with Crippen LogP contribution in [0.5, 0.6) is 0 Å². The van der Waals surface area contributed by atoms with Gasteiger partial charge in [0.05, 0.1) is 22.7 Å². The van der Waals surface area contributed by atoms with E-state index in [0.717, 1.165) is 78.8 Å². The fraction of sp³-hybridized carbons (Fsp3) is 0.581. The zero-order valence-corrected chi connectivity index (χ0v) is 33.1. The number of carbonyl (C=O) groups excluding carboxylic acids is 4. The molecule has 10 nitrogen and oxygen atoms in total. The number of dihydropyridines is 1. The van der Waals surface area contributed by atoms with Crippen LogP contribution in [0.1, 0.15) is 84.5 Å². The van der Waals surface area contributed by atoms with E-state index in [-0.39, 0.29) is 59.3 Å². The van der Waals surface area contributed by atoms with Crippen molar-refractivity contribution in [2.24, 2.45) is 46.3 Å². The topological polar surface area (TPSA) is 134 Å². The molecular formula is C43H49N3O7S2. The third-order valence-electron chi connectivity index (χ3n) is 15.1. The highest BCUT2D eigenvalue weighted by Gasteiger charge is 2.70. The molecule has 0 aromatic rings. The van der Waals surface area contributed by atoms with Crippen LogP contribution in [0.25, 0.3) is 0 Å². The number of carbonyl (C=O) groups is 4. The van der Waals surface area contributed by atoms with Crippen molar-refractivity contribution >= 4 is 45.3 Å². The Labute approximate surface area is 329 Å². The maximum absolute atomic E-state index is 14.7. The van der Waals surface area contributed by atoms with Crippen molar-refractivity contribution in [2.45, 2.75) is 89.9 Å². The Bertz CT molecular complexity index is 2000. The average molecular weight is 784 g/mol. The van der Waals surface area contributed by atoms with Crippen LogP contribution in [0, 0.1) is 46.3 Å². The molecule has 2 saturated carbocycles. The van der Waals surface area contributed by atoms with Gasteiger partial charge in [-0.3, -0.25) is 14.5 Å². The van der Waals surface area contributed by atoms with Crippen LogP contribution in [0.3, 0.4) is 0 Å². The third kappa shape index (κ3) is 5.25. The van der Waals surface area contributed by atoms with Crippen LogP contribution in [0.2, 0.25) is 0 Å². The van der Waals surface area contributed by atoms with Gasteiger partial charge in [0.25, 0.3) is 11.8 Å². The molecule has 55 heavy (non-hydrogen) atoms. The summed E-state index contributed by atoms with van der Waals surface area (Å²) < 4.78 is 13.0. The largest absolute Gasteiger partial charge is 0.427 e. The number of hydrogen-bond acceptors (Lipinski definition) is 11. The Morgan fingerprint density at radius 3 is 2.56 bits per heavy atom. The van der Waals surface area contributed by atoms with Crippen LogP contribution in [-0.2, 0) is 28.7 Å². The summed E-state index contributed by atoms with van der Waals surface area (Å²) in [5.41, 5.74) is 4.22. The second kappa shape index (κ2) is 13.3. The molecular weight excluding hydrogens is 735 g/mol. The minimum absolute atomic E-state index is 0.0394. The van der Waals surface area contributed by atoms with E-state index in [4.69, 9.17) is 9.47 Å². The lowest BCUT2D eigenvalue weighted by Crippen LogP contribution is -2.55. The Kier molecular flexibility index (Phi) is 8.68. The predicted molar refractivity (Wildman–Crippen MR) is 209 cm³/mol. The molecule has 11 aliphatic rings. The molecule has 0 radical (unpaired) electrons. The minimum atomic E-state index is -0.904. The molecule has 3 N–H and O–H groups in total. The lowest BCUT2D eigenvalue weighted by Gasteiger charge is -2.58. The van der Waals surface area contributed by atoms with Gasteiger partial charge in [0, 0.05) is 48.2 Å². The number of allylic oxidation sites excluding steroid dienone is 5. The molecule has 1 saturated heterocycles. The highest BCUT2D eigenvalue weighted by atomic mass is 33.1. The van der Waals surface area contributed by atoms with Crippen molar-refractivity contribution in [3.8, 4) is 0 Å².